The van der Waals surface area contributed by atoms with Gasteiger partial charge < -0.3 is 15.1 Å². The minimum absolute atomic E-state index is 0.0870. The third-order valence-electron chi connectivity index (χ3n) is 5.99. The summed E-state index contributed by atoms with van der Waals surface area (Å²) >= 11 is 12.7. The molecule has 3 aromatic rings. The molecule has 1 saturated heterocycles. The van der Waals surface area contributed by atoms with Crippen LogP contribution in [0.5, 0.6) is 0 Å². The van der Waals surface area contributed by atoms with E-state index in [1.807, 2.05) is 0 Å². The Morgan fingerprint density at radius 2 is 1.93 bits per heavy atom. The number of carbonyl (C=O) groups is 1. The summed E-state index contributed by atoms with van der Waals surface area (Å²) in [5, 5.41) is 20.4. The van der Waals surface area contributed by atoms with E-state index in [0.717, 1.165) is 0 Å². The van der Waals surface area contributed by atoms with Gasteiger partial charge in [-0.25, -0.2) is 9.35 Å². The number of hydrogen-bond donors (Lipinski definition) is 2. The smallest absolute Gasteiger partial charge is 0.288 e. The summed E-state index contributed by atoms with van der Waals surface area (Å²) < 4.78 is 49.4. The third-order valence-corrected chi connectivity index (χ3v) is 10.2. The zero-order valence-electron chi connectivity index (χ0n) is 21.2. The molecule has 2 N–H and O–H groups in total. The van der Waals surface area contributed by atoms with Crippen molar-refractivity contribution in [2.45, 2.75) is 30.5 Å². The van der Waals surface area contributed by atoms with Crippen molar-refractivity contribution >= 4 is 65.1 Å². The van der Waals surface area contributed by atoms with Gasteiger partial charge in [0.15, 0.2) is 0 Å². The second-order valence-corrected chi connectivity index (χ2v) is 12.9. The van der Waals surface area contributed by atoms with Crippen LogP contribution in [0.2, 0.25) is 10.0 Å². The highest BCUT2D eigenvalue weighted by Gasteiger charge is 2.40. The Morgan fingerprint density at radius 1 is 1.23 bits per heavy atom. The number of benzene rings is 2. The molecule has 0 radical (unpaired) electrons. The number of thioether (sulfide) groups is 1. The van der Waals surface area contributed by atoms with Gasteiger partial charge in [-0.05, 0) is 49.4 Å². The van der Waals surface area contributed by atoms with Crippen molar-refractivity contribution in [1.82, 2.24) is 14.5 Å². The van der Waals surface area contributed by atoms with Crippen LogP contribution in [-0.2, 0) is 15.8 Å². The van der Waals surface area contributed by atoms with Gasteiger partial charge in [-0.2, -0.15) is 19.1 Å². The first-order valence-electron chi connectivity index (χ1n) is 12.1. The number of alkyl halides is 2. The molecule has 212 valence electrons. The van der Waals surface area contributed by atoms with Gasteiger partial charge in [0.05, 0.1) is 48.5 Å². The summed E-state index contributed by atoms with van der Waals surface area (Å²) in [7, 11) is -3.75. The lowest BCUT2D eigenvalue weighted by atomic mass is 10.2. The maximum Gasteiger partial charge on any atom is 0.288 e. The molecule has 1 aliphatic heterocycles. The number of nitrogens with one attached hydrogen (secondary N) is 2. The predicted molar refractivity (Wildman–Crippen MR) is 153 cm³/mol. The van der Waals surface area contributed by atoms with E-state index in [4.69, 9.17) is 27.9 Å². The van der Waals surface area contributed by atoms with Crippen LogP contribution in [0.15, 0.2) is 47.4 Å². The molecule has 9 nitrogen and oxygen atoms in total. The fourth-order valence-corrected chi connectivity index (χ4v) is 7.91. The average Bonchev–Trinajstić information content (AvgIpc) is 3.23. The van der Waals surface area contributed by atoms with Crippen molar-refractivity contribution in [3.63, 3.8) is 0 Å². The summed E-state index contributed by atoms with van der Waals surface area (Å²) in [6.45, 7) is 3.11. The topological polar surface area (TPSA) is 112 Å². The molecule has 0 bridgehead atoms. The van der Waals surface area contributed by atoms with Crippen molar-refractivity contribution in [3.05, 3.63) is 63.8 Å². The molecule has 0 spiro atoms. The highest BCUT2D eigenvalue weighted by Crippen LogP contribution is 2.51. The van der Waals surface area contributed by atoms with Crippen molar-refractivity contribution in [2.75, 3.05) is 36.7 Å². The van der Waals surface area contributed by atoms with Gasteiger partial charge in [-0.1, -0.05) is 35.0 Å². The number of carbonyl (C=O) groups excluding carboxylic acids is 1. The van der Waals surface area contributed by atoms with Crippen molar-refractivity contribution in [1.29, 1.82) is 5.26 Å². The van der Waals surface area contributed by atoms with Crippen LogP contribution in [0.25, 0.3) is 0 Å². The maximum atomic E-state index is 15.1. The van der Waals surface area contributed by atoms with Crippen LogP contribution in [0, 0.1) is 18.3 Å². The Balaban J connectivity index is 1.80. The number of nitriles is 1. The van der Waals surface area contributed by atoms with E-state index in [0.29, 0.717) is 59.4 Å². The first kappa shape index (κ1) is 30.3. The molecular weight excluding hydrogens is 604 g/mol. The van der Waals surface area contributed by atoms with E-state index in [-0.39, 0.29) is 34.7 Å². The Bertz CT molecular complexity index is 1460. The second-order valence-electron chi connectivity index (χ2n) is 8.65. The lowest BCUT2D eigenvalue weighted by molar-refractivity contribution is 0.0729. The monoisotopic (exact) mass is 628 g/mol. The molecule has 2 heterocycles. The molecule has 1 aromatic heterocycles. The van der Waals surface area contributed by atoms with Gasteiger partial charge in [-0.3, -0.25) is 9.36 Å². The second kappa shape index (κ2) is 13.3. The molecule has 1 fully saturated rings. The molecule has 15 heteroatoms. The lowest BCUT2D eigenvalue weighted by Crippen LogP contribution is -2.40. The van der Waals surface area contributed by atoms with Crippen LogP contribution in [0.3, 0.4) is 0 Å². The van der Waals surface area contributed by atoms with E-state index < -0.39 is 19.1 Å². The first-order valence-corrected chi connectivity index (χ1v) is 15.4. The van der Waals surface area contributed by atoms with Crippen LogP contribution in [0.1, 0.15) is 22.5 Å². The zero-order chi connectivity index (χ0) is 28.9. The fraction of sp³-hybridized carbons (Fsp3) is 0.320. The van der Waals surface area contributed by atoms with Gasteiger partial charge in [0.1, 0.15) is 11.1 Å². The number of ether oxygens (including phenoxy) is 1. The van der Waals surface area contributed by atoms with Crippen LogP contribution in [0.4, 0.5) is 20.3 Å². The number of nitrogens with zero attached hydrogens (tertiary/aromatic N) is 4. The first-order chi connectivity index (χ1) is 19.1. The zero-order valence-corrected chi connectivity index (χ0v) is 24.5. The van der Waals surface area contributed by atoms with E-state index in [1.54, 1.807) is 23.7 Å². The number of anilines is 2. The van der Waals surface area contributed by atoms with Gasteiger partial charge in [0, 0.05) is 28.7 Å². The van der Waals surface area contributed by atoms with E-state index in [9.17, 15) is 18.8 Å². The minimum atomic E-state index is -3.75. The molecule has 0 aliphatic carbocycles. The quantitative estimate of drug-likeness (QED) is 0.200. The van der Waals surface area contributed by atoms with Crippen LogP contribution in [-0.4, -0.2) is 52.4 Å². The molecular formula is C25H25Cl2F2N6O3PS. The molecule has 1 aliphatic rings. The van der Waals surface area contributed by atoms with Crippen molar-refractivity contribution in [3.8, 4) is 6.07 Å². The molecule has 0 unspecified atom stereocenters. The Morgan fingerprint density at radius 3 is 2.55 bits per heavy atom. The van der Waals surface area contributed by atoms with E-state index in [1.165, 1.54) is 35.0 Å². The minimum Gasteiger partial charge on any atom is -0.379 e. The number of morpholine rings is 1. The lowest BCUT2D eigenvalue weighted by Gasteiger charge is -2.35. The van der Waals surface area contributed by atoms with E-state index in [2.05, 4.69) is 21.6 Å². The number of aryl methyl sites for hydroxylation is 2. The Hall–Kier alpha value is -2.65. The van der Waals surface area contributed by atoms with Gasteiger partial charge >= 0.3 is 0 Å². The summed E-state index contributed by atoms with van der Waals surface area (Å²) in [5.41, 5.74) is 0.947. The van der Waals surface area contributed by atoms with E-state index >= 15 is 4.57 Å². The predicted octanol–water partition coefficient (Wildman–Crippen LogP) is 6.24. The highest BCUT2D eigenvalue weighted by molar-refractivity contribution is 7.99. The number of halogens is 4. The van der Waals surface area contributed by atoms with Crippen molar-refractivity contribution < 1.29 is 22.9 Å². The molecule has 1 amide bonds. The summed E-state index contributed by atoms with van der Waals surface area (Å²) in [5.74, 6) is -3.00. The summed E-state index contributed by atoms with van der Waals surface area (Å²) in [6, 6.07) is 12.7. The number of amides is 1. The van der Waals surface area contributed by atoms with Crippen molar-refractivity contribution in [2.24, 2.45) is 0 Å². The number of aromatic nitrogens is 2. The number of hydrogen-bond acceptors (Lipinski definition) is 6. The van der Waals surface area contributed by atoms with Gasteiger partial charge in [0.2, 0.25) is 0 Å². The molecule has 0 saturated carbocycles. The SMILES string of the molecule is Cc1nn(CCC#N)c(NC(=O)c2ccc(Cl)cc2Cl)c1[P@@](=O)(Nc1ccc(SC(F)F)cc1)N1CCOCC1. The molecule has 2 aromatic carbocycles. The number of rotatable bonds is 10. The maximum absolute atomic E-state index is 15.1. The average molecular weight is 629 g/mol. The fourth-order valence-electron chi connectivity index (χ4n) is 4.21. The third kappa shape index (κ3) is 6.97. The Labute approximate surface area is 244 Å². The summed E-state index contributed by atoms with van der Waals surface area (Å²) in [4.78, 5) is 13.7. The van der Waals surface area contributed by atoms with Gasteiger partial charge in [-0.15, -0.1) is 0 Å². The summed E-state index contributed by atoms with van der Waals surface area (Å²) in [6.07, 6.45) is 0.0870. The Kier molecular flexibility index (Phi) is 10.1. The van der Waals surface area contributed by atoms with Crippen LogP contribution < -0.4 is 15.7 Å². The van der Waals surface area contributed by atoms with Gasteiger partial charge in [0.25, 0.3) is 19.1 Å². The molecule has 4 rings (SSSR count). The standard InChI is InChI=1S/C25H25Cl2F2N6O3PS/c1-16-22(23(35(32-16)10-2-9-30)31-24(36)20-8-3-17(26)15-21(20)27)39(37,34-11-13-38-14-12-34)33-18-4-6-19(7-5-18)40-25(28)29/h3-8,15,25H,2,10-14H2,1H3,(H,31,36)(H,33,37)/t39-/m1/s1. The largest absolute Gasteiger partial charge is 0.379 e. The molecule has 40 heavy (non-hydrogen) atoms. The normalized spacial score (nSPS) is 15.4. The molecule has 1 atom stereocenters. The van der Waals surface area contributed by atoms with Crippen LogP contribution >= 0.6 is 42.4 Å². The highest BCUT2D eigenvalue weighted by atomic mass is 35.5.